The van der Waals surface area contributed by atoms with Crippen LogP contribution in [0.2, 0.25) is 0 Å². The van der Waals surface area contributed by atoms with E-state index in [0.717, 1.165) is 0 Å². The number of hydrogen-bond donors (Lipinski definition) is 0. The molecule has 0 aromatic carbocycles. The molecule has 0 aliphatic carbocycles. The Morgan fingerprint density at radius 3 is 2.50 bits per heavy atom. The zero-order chi connectivity index (χ0) is 4.99. The SMILES string of the molecule is [N-]=[N+]=CS(=O)[O-]. The fraction of sp³-hybridized carbons (Fsp3) is 0. The minimum Gasteiger partial charge on any atom is -0.764 e. The molecule has 0 saturated carbocycles. The van der Waals surface area contributed by atoms with E-state index in [1.165, 1.54) is 0 Å². The number of rotatable bonds is 1. The molecule has 0 N–H and O–H groups in total. The van der Waals surface area contributed by atoms with Crippen molar-refractivity contribution < 1.29 is 13.6 Å². The Morgan fingerprint density at radius 2 is 2.50 bits per heavy atom. The van der Waals surface area contributed by atoms with E-state index in [0.29, 0.717) is 5.55 Å². The van der Waals surface area contributed by atoms with E-state index < -0.39 is 11.1 Å². The van der Waals surface area contributed by atoms with Crippen LogP contribution in [0.5, 0.6) is 0 Å². The zero-order valence-electron chi connectivity index (χ0n) is 2.70. The van der Waals surface area contributed by atoms with Gasteiger partial charge in [-0.2, -0.15) is 4.79 Å². The Balaban J connectivity index is 3.60. The molecule has 0 spiro atoms. The smallest absolute Gasteiger partial charge is 0.330 e. The predicted molar refractivity (Wildman–Crippen MR) is 18.6 cm³/mol. The minimum absolute atomic E-state index is 0.389. The largest absolute Gasteiger partial charge is 0.764 e. The first-order chi connectivity index (χ1) is 2.77. The maximum absolute atomic E-state index is 9.29. The molecule has 0 bridgehead atoms. The third kappa shape index (κ3) is 3.49. The van der Waals surface area contributed by atoms with Gasteiger partial charge in [-0.05, 0) is 0 Å². The van der Waals surface area contributed by atoms with E-state index >= 15 is 0 Å². The lowest BCUT2D eigenvalue weighted by Crippen LogP contribution is -1.84. The molecule has 0 aliphatic rings. The molecule has 0 fully saturated rings. The van der Waals surface area contributed by atoms with Crippen LogP contribution in [0.1, 0.15) is 0 Å². The fourth-order valence-electron chi connectivity index (χ4n) is 0.0385. The van der Waals surface area contributed by atoms with E-state index in [9.17, 15) is 8.76 Å². The molecule has 5 heteroatoms. The van der Waals surface area contributed by atoms with E-state index in [-0.39, 0.29) is 0 Å². The number of nitrogens with zero attached hydrogens (tertiary/aromatic N) is 2. The summed E-state index contributed by atoms with van der Waals surface area (Å²) in [5.74, 6) is 0. The second kappa shape index (κ2) is 2.71. The molecule has 0 aliphatic heterocycles. The maximum atomic E-state index is 9.29. The fourth-order valence-corrected chi connectivity index (χ4v) is 0.115. The van der Waals surface area contributed by atoms with E-state index in [4.69, 9.17) is 5.53 Å². The van der Waals surface area contributed by atoms with Gasteiger partial charge in [-0.25, -0.2) is 0 Å². The molecule has 4 nitrogen and oxygen atoms in total. The van der Waals surface area contributed by atoms with Gasteiger partial charge >= 0.3 is 5.55 Å². The van der Waals surface area contributed by atoms with Crippen molar-refractivity contribution in [2.75, 3.05) is 0 Å². The van der Waals surface area contributed by atoms with Crippen molar-refractivity contribution in [3.63, 3.8) is 0 Å². The molecule has 0 saturated heterocycles. The number of hydrogen-bond acceptors (Lipinski definition) is 2. The molecule has 0 radical (unpaired) electrons. The average Bonchev–Trinajstić information content (AvgIpc) is 1.35. The maximum Gasteiger partial charge on any atom is 0.330 e. The summed E-state index contributed by atoms with van der Waals surface area (Å²) in [5.41, 5.74) is 7.80. The molecule has 0 aromatic rings. The van der Waals surface area contributed by atoms with Crippen molar-refractivity contribution in [1.29, 1.82) is 0 Å². The quantitative estimate of drug-likeness (QED) is 0.143. The van der Waals surface area contributed by atoms with Crippen LogP contribution in [0.4, 0.5) is 0 Å². The van der Waals surface area contributed by atoms with Crippen LogP contribution in [-0.2, 0) is 11.1 Å². The Kier molecular flexibility index (Phi) is 2.48. The summed E-state index contributed by atoms with van der Waals surface area (Å²) >= 11 is -2.36. The summed E-state index contributed by atoms with van der Waals surface area (Å²) in [7, 11) is 0. The summed E-state index contributed by atoms with van der Waals surface area (Å²) in [6, 6.07) is 0. The highest BCUT2D eigenvalue weighted by Crippen LogP contribution is 1.51. The van der Waals surface area contributed by atoms with Crippen LogP contribution in [0.15, 0.2) is 0 Å². The van der Waals surface area contributed by atoms with E-state index in [1.54, 1.807) is 0 Å². The lowest BCUT2D eigenvalue weighted by atomic mass is 11.7. The van der Waals surface area contributed by atoms with Crippen molar-refractivity contribution in [2.24, 2.45) is 0 Å². The minimum atomic E-state index is -2.36. The van der Waals surface area contributed by atoms with Gasteiger partial charge in [0.05, 0.1) is 11.1 Å². The Bertz CT molecular complexity index is 104. The van der Waals surface area contributed by atoms with Crippen molar-refractivity contribution in [3.8, 4) is 0 Å². The highest BCUT2D eigenvalue weighted by Gasteiger charge is 1.68. The second-order valence-corrected chi connectivity index (χ2v) is 1.21. The van der Waals surface area contributed by atoms with Gasteiger partial charge in [0.15, 0.2) is 0 Å². The summed E-state index contributed by atoms with van der Waals surface area (Å²) < 4.78 is 18.6. The topological polar surface area (TPSA) is 76.5 Å². The average molecular weight is 105 g/mol. The molecule has 0 rings (SSSR count). The molecule has 0 amide bonds. The van der Waals surface area contributed by atoms with Crippen LogP contribution in [0.25, 0.3) is 5.53 Å². The summed E-state index contributed by atoms with van der Waals surface area (Å²) in [5, 5.41) is 0. The normalized spacial score (nSPS) is 12.2. The van der Waals surface area contributed by atoms with Crippen LogP contribution >= 0.6 is 0 Å². The molecule has 0 aromatic heterocycles. The Morgan fingerprint density at radius 1 is 2.00 bits per heavy atom. The van der Waals surface area contributed by atoms with Gasteiger partial charge in [0.1, 0.15) is 0 Å². The Labute approximate surface area is 36.7 Å². The third-order valence-electron chi connectivity index (χ3n) is 0.133. The molecule has 0 heterocycles. The van der Waals surface area contributed by atoms with Crippen LogP contribution in [0, 0.1) is 0 Å². The van der Waals surface area contributed by atoms with Crippen molar-refractivity contribution >= 4 is 16.6 Å². The monoisotopic (exact) mass is 105 g/mol. The van der Waals surface area contributed by atoms with Gasteiger partial charge in [0, 0.05) is 0 Å². The van der Waals surface area contributed by atoms with Gasteiger partial charge in [-0.3, -0.25) is 4.21 Å². The molecular formula is CHN2O2S-. The lowest BCUT2D eigenvalue weighted by molar-refractivity contribution is 0.00740. The van der Waals surface area contributed by atoms with Gasteiger partial charge in [0.25, 0.3) is 0 Å². The van der Waals surface area contributed by atoms with Gasteiger partial charge < -0.3 is 10.1 Å². The second-order valence-electron chi connectivity index (χ2n) is 0.481. The van der Waals surface area contributed by atoms with Gasteiger partial charge in [-0.1, -0.05) is 0 Å². The van der Waals surface area contributed by atoms with Crippen molar-refractivity contribution in [1.82, 2.24) is 0 Å². The van der Waals surface area contributed by atoms with Crippen LogP contribution in [0.3, 0.4) is 0 Å². The van der Waals surface area contributed by atoms with Crippen LogP contribution < -0.4 is 0 Å². The third-order valence-corrected chi connectivity index (χ3v) is 0.400. The summed E-state index contributed by atoms with van der Waals surface area (Å²) in [4.78, 5) is 2.20. The van der Waals surface area contributed by atoms with E-state index in [2.05, 4.69) is 4.79 Å². The first kappa shape index (κ1) is 5.49. The van der Waals surface area contributed by atoms with Crippen molar-refractivity contribution in [2.45, 2.75) is 0 Å². The Hall–Kier alpha value is -0.510. The molecule has 1 unspecified atom stereocenters. The summed E-state index contributed by atoms with van der Waals surface area (Å²) in [6.45, 7) is 0. The zero-order valence-corrected chi connectivity index (χ0v) is 3.51. The summed E-state index contributed by atoms with van der Waals surface area (Å²) in [6.07, 6.45) is 0. The van der Waals surface area contributed by atoms with E-state index in [1.807, 2.05) is 0 Å². The standard InChI is InChI=1S/CH2N2O2S/c2-3-1-6(4)5/h1H,(H,4,5)/p-1. The molecule has 1 atom stereocenters. The highest BCUT2D eigenvalue weighted by atomic mass is 32.2. The lowest BCUT2D eigenvalue weighted by Gasteiger charge is -1.80. The van der Waals surface area contributed by atoms with Crippen LogP contribution in [-0.4, -0.2) is 19.1 Å². The van der Waals surface area contributed by atoms with Gasteiger partial charge in [-0.15, -0.1) is 0 Å². The highest BCUT2D eigenvalue weighted by molar-refractivity contribution is 7.93. The molecule has 34 valence electrons. The van der Waals surface area contributed by atoms with Crippen molar-refractivity contribution in [3.05, 3.63) is 5.53 Å². The molecular weight excluding hydrogens is 104 g/mol. The first-order valence-corrected chi connectivity index (χ1v) is 2.17. The van der Waals surface area contributed by atoms with Gasteiger partial charge in [0.2, 0.25) is 0 Å². The predicted octanol–water partition coefficient (Wildman–Crippen LogP) is -0.876. The molecule has 6 heavy (non-hydrogen) atoms. The first-order valence-electron chi connectivity index (χ1n) is 1.03.